The van der Waals surface area contributed by atoms with Gasteiger partial charge in [0.1, 0.15) is 0 Å². The van der Waals surface area contributed by atoms with E-state index in [1.54, 1.807) is 0 Å². The summed E-state index contributed by atoms with van der Waals surface area (Å²) in [5.74, 6) is 0.561. The Hall–Kier alpha value is -0.795. The lowest BCUT2D eigenvalue weighted by molar-refractivity contribution is 0.00977. The van der Waals surface area contributed by atoms with Gasteiger partial charge in [-0.15, -0.1) is 0 Å². The Kier molecular flexibility index (Phi) is 5.73. The molecular weight excluding hydrogens is 271 g/mol. The molecule has 0 aliphatic carbocycles. The van der Waals surface area contributed by atoms with Crippen LogP contribution in [0.15, 0.2) is 30.3 Å². The average Bonchev–Trinajstić information content (AvgIpc) is 2.54. The summed E-state index contributed by atoms with van der Waals surface area (Å²) in [6, 6.07) is 10.8. The van der Waals surface area contributed by atoms with Crippen molar-refractivity contribution in [1.82, 2.24) is 0 Å². The van der Waals surface area contributed by atoms with Gasteiger partial charge in [-0.2, -0.15) is 0 Å². The SMILES string of the molecule is CCC(CC)C(CC)(B1OCC(C)(C)CO1)c1ccccc1. The highest BCUT2D eigenvalue weighted by molar-refractivity contribution is 6.49. The lowest BCUT2D eigenvalue weighted by Crippen LogP contribution is -2.56. The van der Waals surface area contributed by atoms with Crippen molar-refractivity contribution in [2.45, 2.75) is 59.2 Å². The van der Waals surface area contributed by atoms with Crippen molar-refractivity contribution < 1.29 is 9.31 Å². The molecule has 0 radical (unpaired) electrons. The average molecular weight is 302 g/mol. The van der Waals surface area contributed by atoms with Crippen molar-refractivity contribution in [2.24, 2.45) is 11.3 Å². The van der Waals surface area contributed by atoms with Crippen LogP contribution in [0.5, 0.6) is 0 Å². The van der Waals surface area contributed by atoms with Crippen LogP contribution in [0.25, 0.3) is 0 Å². The number of hydrogen-bond acceptors (Lipinski definition) is 2. The van der Waals surface area contributed by atoms with E-state index in [0.717, 1.165) is 32.5 Å². The molecule has 0 amide bonds. The van der Waals surface area contributed by atoms with Crippen molar-refractivity contribution in [1.29, 1.82) is 0 Å². The molecular formula is C19H31BO2. The van der Waals surface area contributed by atoms with Crippen LogP contribution in [0.2, 0.25) is 0 Å². The topological polar surface area (TPSA) is 18.5 Å². The summed E-state index contributed by atoms with van der Waals surface area (Å²) in [6.45, 7) is 12.8. The lowest BCUT2D eigenvalue weighted by atomic mass is 9.45. The van der Waals surface area contributed by atoms with Gasteiger partial charge in [0.15, 0.2) is 0 Å². The second-order valence-electron chi connectivity index (χ2n) is 7.39. The highest BCUT2D eigenvalue weighted by Gasteiger charge is 2.52. The minimum absolute atomic E-state index is 0.0543. The molecule has 1 unspecified atom stereocenters. The monoisotopic (exact) mass is 302 g/mol. The van der Waals surface area contributed by atoms with Crippen LogP contribution in [0, 0.1) is 11.3 Å². The zero-order valence-corrected chi connectivity index (χ0v) is 14.9. The summed E-state index contributed by atoms with van der Waals surface area (Å²) in [6.07, 6.45) is 3.33. The van der Waals surface area contributed by atoms with Gasteiger partial charge in [0.2, 0.25) is 0 Å². The summed E-state index contributed by atoms with van der Waals surface area (Å²) in [5.41, 5.74) is 1.47. The summed E-state index contributed by atoms with van der Waals surface area (Å²) in [5, 5.41) is -0.0543. The molecule has 3 heteroatoms. The van der Waals surface area contributed by atoms with Gasteiger partial charge >= 0.3 is 7.12 Å². The normalized spacial score (nSPS) is 20.9. The van der Waals surface area contributed by atoms with Gasteiger partial charge in [-0.1, -0.05) is 77.8 Å². The number of rotatable bonds is 6. The Morgan fingerprint density at radius 3 is 2.05 bits per heavy atom. The van der Waals surface area contributed by atoms with Gasteiger partial charge in [-0.3, -0.25) is 0 Å². The first-order valence-electron chi connectivity index (χ1n) is 8.79. The van der Waals surface area contributed by atoms with E-state index in [1.807, 2.05) is 0 Å². The molecule has 1 aliphatic rings. The molecule has 1 aliphatic heterocycles. The molecule has 0 bridgehead atoms. The maximum absolute atomic E-state index is 6.27. The number of hydrogen-bond donors (Lipinski definition) is 0. The van der Waals surface area contributed by atoms with E-state index in [4.69, 9.17) is 9.31 Å². The minimum Gasteiger partial charge on any atom is -0.410 e. The van der Waals surface area contributed by atoms with E-state index in [1.165, 1.54) is 5.56 Å². The Morgan fingerprint density at radius 2 is 1.59 bits per heavy atom. The predicted octanol–water partition coefficient (Wildman–Crippen LogP) is 4.87. The van der Waals surface area contributed by atoms with Gasteiger partial charge in [-0.05, 0) is 17.9 Å². The van der Waals surface area contributed by atoms with Crippen molar-refractivity contribution in [3.63, 3.8) is 0 Å². The third-order valence-electron chi connectivity index (χ3n) is 5.28. The molecule has 0 aromatic heterocycles. The van der Waals surface area contributed by atoms with Gasteiger partial charge < -0.3 is 9.31 Å². The molecule has 1 aromatic carbocycles. The fraction of sp³-hybridized carbons (Fsp3) is 0.684. The molecule has 1 aromatic rings. The van der Waals surface area contributed by atoms with Crippen LogP contribution in [0.4, 0.5) is 0 Å². The van der Waals surface area contributed by atoms with Crippen LogP contribution in [-0.4, -0.2) is 20.3 Å². The molecule has 0 saturated carbocycles. The molecule has 22 heavy (non-hydrogen) atoms. The third-order valence-corrected chi connectivity index (χ3v) is 5.28. The molecule has 1 atom stereocenters. The Balaban J connectivity index is 2.41. The lowest BCUT2D eigenvalue weighted by Gasteiger charge is -2.46. The van der Waals surface area contributed by atoms with E-state index in [2.05, 4.69) is 65.0 Å². The molecule has 2 rings (SSSR count). The van der Waals surface area contributed by atoms with Gasteiger partial charge in [-0.25, -0.2) is 0 Å². The van der Waals surface area contributed by atoms with E-state index < -0.39 is 0 Å². The zero-order valence-electron chi connectivity index (χ0n) is 14.9. The zero-order chi connectivity index (χ0) is 16.2. The fourth-order valence-electron chi connectivity index (χ4n) is 3.98. The fourth-order valence-corrected chi connectivity index (χ4v) is 3.98. The van der Waals surface area contributed by atoms with Crippen molar-refractivity contribution in [3.8, 4) is 0 Å². The summed E-state index contributed by atoms with van der Waals surface area (Å²) in [4.78, 5) is 0. The molecule has 122 valence electrons. The largest absolute Gasteiger partial charge is 0.468 e. The minimum atomic E-state index is -0.141. The summed E-state index contributed by atoms with van der Waals surface area (Å²) < 4.78 is 12.5. The molecule has 1 heterocycles. The first-order chi connectivity index (χ1) is 10.5. The predicted molar refractivity (Wildman–Crippen MR) is 93.9 cm³/mol. The van der Waals surface area contributed by atoms with E-state index in [9.17, 15) is 0 Å². The Labute approximate surface area is 136 Å². The maximum Gasteiger partial charge on any atom is 0.468 e. The second kappa shape index (κ2) is 7.19. The Morgan fingerprint density at radius 1 is 1.05 bits per heavy atom. The highest BCUT2D eigenvalue weighted by atomic mass is 16.6. The first kappa shape index (κ1) is 17.6. The molecule has 0 spiro atoms. The summed E-state index contributed by atoms with van der Waals surface area (Å²) in [7, 11) is -0.141. The van der Waals surface area contributed by atoms with Crippen LogP contribution in [0.1, 0.15) is 59.4 Å². The highest BCUT2D eigenvalue weighted by Crippen LogP contribution is 2.44. The van der Waals surface area contributed by atoms with E-state index in [-0.39, 0.29) is 17.8 Å². The van der Waals surface area contributed by atoms with Crippen LogP contribution >= 0.6 is 0 Å². The second-order valence-corrected chi connectivity index (χ2v) is 7.39. The van der Waals surface area contributed by atoms with Gasteiger partial charge in [0.05, 0.1) is 0 Å². The van der Waals surface area contributed by atoms with Gasteiger partial charge in [0, 0.05) is 23.9 Å². The van der Waals surface area contributed by atoms with E-state index >= 15 is 0 Å². The van der Waals surface area contributed by atoms with Gasteiger partial charge in [0.25, 0.3) is 0 Å². The quantitative estimate of drug-likeness (QED) is 0.698. The van der Waals surface area contributed by atoms with Crippen LogP contribution < -0.4 is 0 Å². The maximum atomic E-state index is 6.27. The smallest absolute Gasteiger partial charge is 0.410 e. The van der Waals surface area contributed by atoms with E-state index in [0.29, 0.717) is 5.92 Å². The number of benzene rings is 1. The van der Waals surface area contributed by atoms with Crippen molar-refractivity contribution in [3.05, 3.63) is 35.9 Å². The first-order valence-corrected chi connectivity index (χ1v) is 8.79. The molecule has 1 fully saturated rings. The van der Waals surface area contributed by atoms with Crippen LogP contribution in [-0.2, 0) is 14.6 Å². The van der Waals surface area contributed by atoms with Crippen molar-refractivity contribution in [2.75, 3.05) is 13.2 Å². The third kappa shape index (κ3) is 3.26. The molecule has 2 nitrogen and oxygen atoms in total. The summed E-state index contributed by atoms with van der Waals surface area (Å²) >= 11 is 0. The van der Waals surface area contributed by atoms with Crippen LogP contribution in [0.3, 0.4) is 0 Å². The molecule has 0 N–H and O–H groups in total. The Bertz CT molecular complexity index is 446. The standard InChI is InChI=1S/C19H31BO2/c1-6-16(7-2)19(8-3,17-12-10-9-11-13-17)20-21-14-18(4,5)15-22-20/h9-13,16H,6-8,14-15H2,1-5H3. The van der Waals surface area contributed by atoms with Crippen molar-refractivity contribution >= 4 is 7.12 Å². The molecule has 1 saturated heterocycles.